The summed E-state index contributed by atoms with van der Waals surface area (Å²) in [5.74, 6) is 0. The van der Waals surface area contributed by atoms with Crippen molar-refractivity contribution in [2.45, 2.75) is 25.2 Å². The van der Waals surface area contributed by atoms with Gasteiger partial charge in [0.05, 0.1) is 39.1 Å². The monoisotopic (exact) mass is 188 g/mol. The van der Waals surface area contributed by atoms with Crippen molar-refractivity contribution in [2.24, 2.45) is 0 Å². The summed E-state index contributed by atoms with van der Waals surface area (Å²) >= 11 is 0. The van der Waals surface area contributed by atoms with Crippen LogP contribution in [0.3, 0.4) is 0 Å². The van der Waals surface area contributed by atoms with Crippen molar-refractivity contribution in [3.05, 3.63) is 0 Å². The molecule has 3 atom stereocenters. The summed E-state index contributed by atoms with van der Waals surface area (Å²) in [4.78, 5) is 0. The maximum absolute atomic E-state index is 5.48. The molecule has 13 heavy (non-hydrogen) atoms. The molecule has 2 heterocycles. The largest absolute Gasteiger partial charge is 0.376 e. The number of hydrogen-bond acceptors (Lipinski definition) is 4. The first kappa shape index (κ1) is 9.40. The Bertz CT molecular complexity index is 154. The number of rotatable bonds is 7. The van der Waals surface area contributed by atoms with Crippen molar-refractivity contribution in [1.29, 1.82) is 0 Å². The molecule has 0 aliphatic carbocycles. The van der Waals surface area contributed by atoms with Crippen LogP contribution in [0.4, 0.5) is 0 Å². The van der Waals surface area contributed by atoms with E-state index < -0.39 is 0 Å². The van der Waals surface area contributed by atoms with Crippen molar-refractivity contribution in [3.63, 3.8) is 0 Å². The summed E-state index contributed by atoms with van der Waals surface area (Å²) in [7, 11) is 0. The van der Waals surface area contributed by atoms with Gasteiger partial charge in [0, 0.05) is 0 Å². The lowest BCUT2D eigenvalue weighted by molar-refractivity contribution is -0.0146. The van der Waals surface area contributed by atoms with E-state index in [1.165, 1.54) is 0 Å². The van der Waals surface area contributed by atoms with E-state index in [4.69, 9.17) is 18.9 Å². The van der Waals surface area contributed by atoms with Gasteiger partial charge in [0.15, 0.2) is 0 Å². The Labute approximate surface area is 78.1 Å². The Kier molecular flexibility index (Phi) is 3.16. The normalized spacial score (nSPS) is 33.0. The number of epoxide rings is 2. The minimum atomic E-state index is 0.156. The van der Waals surface area contributed by atoms with E-state index in [0.717, 1.165) is 13.2 Å². The molecule has 2 saturated heterocycles. The first-order valence-electron chi connectivity index (χ1n) is 4.77. The molecule has 76 valence electrons. The van der Waals surface area contributed by atoms with Gasteiger partial charge < -0.3 is 18.9 Å². The summed E-state index contributed by atoms with van der Waals surface area (Å²) in [6, 6.07) is 0. The Hall–Kier alpha value is -0.160. The molecule has 0 spiro atoms. The molecule has 0 N–H and O–H groups in total. The van der Waals surface area contributed by atoms with Gasteiger partial charge in [-0.3, -0.25) is 0 Å². The molecular weight excluding hydrogens is 172 g/mol. The maximum atomic E-state index is 5.48. The van der Waals surface area contributed by atoms with Crippen LogP contribution in [0.5, 0.6) is 0 Å². The standard InChI is InChI=1S/C9H16O4/c1-7(11-4-9-6-13-9)2-10-3-8-5-12-8/h7-9H,2-6H2,1H3/t7-,8-,9-/m1/s1. The average molecular weight is 188 g/mol. The molecule has 0 aromatic carbocycles. The minimum Gasteiger partial charge on any atom is -0.376 e. The second-order valence-corrected chi connectivity index (χ2v) is 3.59. The highest BCUT2D eigenvalue weighted by Crippen LogP contribution is 2.11. The van der Waals surface area contributed by atoms with Crippen molar-refractivity contribution in [2.75, 3.05) is 33.0 Å². The van der Waals surface area contributed by atoms with Gasteiger partial charge in [0.25, 0.3) is 0 Å². The third-order valence-corrected chi connectivity index (χ3v) is 2.03. The van der Waals surface area contributed by atoms with Crippen LogP contribution in [-0.4, -0.2) is 51.3 Å². The molecule has 2 aliphatic heterocycles. The van der Waals surface area contributed by atoms with Gasteiger partial charge in [0.2, 0.25) is 0 Å². The lowest BCUT2D eigenvalue weighted by atomic mass is 10.4. The first-order valence-corrected chi connectivity index (χ1v) is 4.77. The van der Waals surface area contributed by atoms with Crippen LogP contribution in [0.2, 0.25) is 0 Å². The van der Waals surface area contributed by atoms with Crippen molar-refractivity contribution in [1.82, 2.24) is 0 Å². The van der Waals surface area contributed by atoms with Crippen molar-refractivity contribution in [3.8, 4) is 0 Å². The van der Waals surface area contributed by atoms with Crippen molar-refractivity contribution >= 4 is 0 Å². The number of hydrogen-bond donors (Lipinski definition) is 0. The molecule has 0 aromatic heterocycles. The molecule has 2 rings (SSSR count). The van der Waals surface area contributed by atoms with Gasteiger partial charge in [0.1, 0.15) is 12.2 Å². The molecule has 2 fully saturated rings. The molecule has 0 bridgehead atoms. The first-order chi connectivity index (χ1) is 6.34. The Morgan fingerprint density at radius 2 is 1.85 bits per heavy atom. The smallest absolute Gasteiger partial charge is 0.104 e. The van der Waals surface area contributed by atoms with Crippen LogP contribution >= 0.6 is 0 Å². The van der Waals surface area contributed by atoms with Gasteiger partial charge in [-0.1, -0.05) is 0 Å². The van der Waals surface area contributed by atoms with Crippen molar-refractivity contribution < 1.29 is 18.9 Å². The van der Waals surface area contributed by atoms with E-state index in [-0.39, 0.29) is 6.10 Å². The third kappa shape index (κ3) is 4.04. The second-order valence-electron chi connectivity index (χ2n) is 3.59. The van der Waals surface area contributed by atoms with Crippen LogP contribution in [0.25, 0.3) is 0 Å². The van der Waals surface area contributed by atoms with Gasteiger partial charge in [-0.05, 0) is 6.92 Å². The molecule has 4 nitrogen and oxygen atoms in total. The molecule has 0 aromatic rings. The molecule has 4 heteroatoms. The summed E-state index contributed by atoms with van der Waals surface area (Å²) in [5.41, 5.74) is 0. The fraction of sp³-hybridized carbons (Fsp3) is 1.00. The Morgan fingerprint density at radius 1 is 1.23 bits per heavy atom. The SMILES string of the molecule is C[C@H](COC[C@@H]1CO1)OC[C@@H]1CO1. The van der Waals surface area contributed by atoms with E-state index in [1.54, 1.807) is 0 Å². The zero-order valence-corrected chi connectivity index (χ0v) is 7.90. The van der Waals surface area contributed by atoms with Gasteiger partial charge >= 0.3 is 0 Å². The van der Waals surface area contributed by atoms with Crippen LogP contribution in [0.1, 0.15) is 6.92 Å². The summed E-state index contributed by atoms with van der Waals surface area (Å²) in [6.45, 7) is 5.76. The highest BCUT2D eigenvalue weighted by Gasteiger charge is 2.24. The maximum Gasteiger partial charge on any atom is 0.104 e. The van der Waals surface area contributed by atoms with Crippen LogP contribution in [-0.2, 0) is 18.9 Å². The molecule has 0 amide bonds. The van der Waals surface area contributed by atoms with Gasteiger partial charge in [-0.25, -0.2) is 0 Å². The molecule has 0 radical (unpaired) electrons. The second kappa shape index (κ2) is 4.37. The number of ether oxygens (including phenoxy) is 4. The Morgan fingerprint density at radius 3 is 2.46 bits per heavy atom. The van der Waals surface area contributed by atoms with Gasteiger partial charge in [-0.2, -0.15) is 0 Å². The zero-order valence-electron chi connectivity index (χ0n) is 7.90. The zero-order chi connectivity index (χ0) is 9.10. The highest BCUT2D eigenvalue weighted by molar-refractivity contribution is 4.69. The summed E-state index contributed by atoms with van der Waals surface area (Å²) in [5, 5.41) is 0. The van der Waals surface area contributed by atoms with E-state index in [2.05, 4.69) is 0 Å². The predicted octanol–water partition coefficient (Wildman–Crippen LogP) is 0.206. The Balaban J connectivity index is 1.42. The van der Waals surface area contributed by atoms with E-state index in [1.807, 2.05) is 6.92 Å². The van der Waals surface area contributed by atoms with E-state index >= 15 is 0 Å². The predicted molar refractivity (Wildman–Crippen MR) is 45.7 cm³/mol. The average Bonchev–Trinajstić information content (AvgIpc) is 2.97. The lowest BCUT2D eigenvalue weighted by Crippen LogP contribution is -2.19. The van der Waals surface area contributed by atoms with E-state index in [0.29, 0.717) is 32.0 Å². The van der Waals surface area contributed by atoms with Crippen LogP contribution in [0, 0.1) is 0 Å². The molecule has 2 aliphatic rings. The third-order valence-electron chi connectivity index (χ3n) is 2.03. The molecular formula is C9H16O4. The lowest BCUT2D eigenvalue weighted by Gasteiger charge is -2.11. The summed E-state index contributed by atoms with van der Waals surface area (Å²) in [6.07, 6.45) is 0.844. The van der Waals surface area contributed by atoms with Crippen LogP contribution < -0.4 is 0 Å². The van der Waals surface area contributed by atoms with E-state index in [9.17, 15) is 0 Å². The quantitative estimate of drug-likeness (QED) is 0.535. The fourth-order valence-electron chi connectivity index (χ4n) is 1.01. The van der Waals surface area contributed by atoms with Crippen LogP contribution in [0.15, 0.2) is 0 Å². The highest BCUT2D eigenvalue weighted by atomic mass is 16.6. The molecule has 0 saturated carbocycles. The van der Waals surface area contributed by atoms with Gasteiger partial charge in [-0.15, -0.1) is 0 Å². The fourth-order valence-corrected chi connectivity index (χ4v) is 1.01. The topological polar surface area (TPSA) is 43.5 Å². The summed E-state index contributed by atoms with van der Waals surface area (Å²) < 4.78 is 20.9. The molecule has 0 unspecified atom stereocenters. The minimum absolute atomic E-state index is 0.156.